The first-order chi connectivity index (χ1) is 13.5. The lowest BCUT2D eigenvalue weighted by Gasteiger charge is -2.13. The molecule has 0 aliphatic rings. The second-order valence-electron chi connectivity index (χ2n) is 5.93. The van der Waals surface area contributed by atoms with Crippen molar-refractivity contribution < 1.29 is 26.4 Å². The summed E-state index contributed by atoms with van der Waals surface area (Å²) >= 11 is 6.21. The van der Waals surface area contributed by atoms with Crippen LogP contribution in [0.2, 0.25) is 5.02 Å². The van der Waals surface area contributed by atoms with E-state index in [0.29, 0.717) is 22.3 Å². The molecule has 150 valence electrons. The molecule has 0 spiro atoms. The zero-order valence-electron chi connectivity index (χ0n) is 14.4. The number of hydrogen-bond donors (Lipinski definition) is 1. The third-order valence-electron chi connectivity index (χ3n) is 4.09. The van der Waals surface area contributed by atoms with Gasteiger partial charge in [-0.25, -0.2) is 8.42 Å². The maximum atomic E-state index is 12.9. The standard InChI is InChI=1S/C19H12ClF3N2O3S/c20-16-7-4-11(9-15(16)17-3-1-2-8-25-17)14-10-12(5-6-13(14)18(24)26)29(27,28)19(21,22)23/h1-10H,(H2,24,26). The Hall–Kier alpha value is -2.91. The van der Waals surface area contributed by atoms with Crippen LogP contribution in [0.4, 0.5) is 13.2 Å². The SMILES string of the molecule is NC(=O)c1ccc(S(=O)(=O)C(F)(F)F)cc1-c1ccc(Cl)c(-c2ccccn2)c1. The minimum Gasteiger partial charge on any atom is -0.366 e. The van der Waals surface area contributed by atoms with Crippen molar-refractivity contribution in [3.05, 3.63) is 71.4 Å². The van der Waals surface area contributed by atoms with Crippen LogP contribution < -0.4 is 5.73 Å². The molecule has 0 aliphatic heterocycles. The molecular weight excluding hydrogens is 429 g/mol. The summed E-state index contributed by atoms with van der Waals surface area (Å²) in [4.78, 5) is 15.0. The summed E-state index contributed by atoms with van der Waals surface area (Å²) in [6.07, 6.45) is 1.53. The molecule has 0 bridgehead atoms. The van der Waals surface area contributed by atoms with Crippen LogP contribution in [-0.4, -0.2) is 24.8 Å². The topological polar surface area (TPSA) is 90.1 Å². The van der Waals surface area contributed by atoms with Gasteiger partial charge in [0.25, 0.3) is 9.84 Å². The number of aromatic nitrogens is 1. The first kappa shape index (κ1) is 20.8. The van der Waals surface area contributed by atoms with Crippen molar-refractivity contribution in [2.24, 2.45) is 5.73 Å². The van der Waals surface area contributed by atoms with Gasteiger partial charge in [-0.05, 0) is 53.6 Å². The van der Waals surface area contributed by atoms with Crippen molar-refractivity contribution in [3.8, 4) is 22.4 Å². The number of sulfone groups is 1. The van der Waals surface area contributed by atoms with Crippen molar-refractivity contribution in [3.63, 3.8) is 0 Å². The average molecular weight is 441 g/mol. The van der Waals surface area contributed by atoms with E-state index >= 15 is 0 Å². The van der Waals surface area contributed by atoms with Gasteiger partial charge in [-0.2, -0.15) is 13.2 Å². The summed E-state index contributed by atoms with van der Waals surface area (Å²) in [5, 5.41) is 0.312. The molecule has 3 aromatic rings. The third-order valence-corrected chi connectivity index (χ3v) is 5.90. The minimum absolute atomic E-state index is 0.0725. The monoisotopic (exact) mass is 440 g/mol. The van der Waals surface area contributed by atoms with E-state index in [2.05, 4.69) is 4.98 Å². The van der Waals surface area contributed by atoms with Gasteiger partial charge in [0.05, 0.1) is 10.6 Å². The number of alkyl halides is 3. The van der Waals surface area contributed by atoms with Gasteiger partial charge in [0.15, 0.2) is 0 Å². The van der Waals surface area contributed by atoms with Crippen LogP contribution >= 0.6 is 11.6 Å². The number of hydrogen-bond acceptors (Lipinski definition) is 4. The van der Waals surface area contributed by atoms with Crippen molar-refractivity contribution in [1.82, 2.24) is 4.98 Å². The van der Waals surface area contributed by atoms with Gasteiger partial charge in [-0.1, -0.05) is 23.7 Å². The van der Waals surface area contributed by atoms with Gasteiger partial charge in [-0.3, -0.25) is 9.78 Å². The number of nitrogens with two attached hydrogens (primary N) is 1. The molecule has 0 atom stereocenters. The summed E-state index contributed by atoms with van der Waals surface area (Å²) in [5.74, 6) is -0.926. The van der Waals surface area contributed by atoms with Crippen LogP contribution in [0.15, 0.2) is 65.7 Å². The Morgan fingerprint density at radius 1 is 1.00 bits per heavy atom. The summed E-state index contributed by atoms with van der Waals surface area (Å²) in [6, 6.07) is 11.9. The molecule has 3 rings (SSSR count). The molecule has 0 fully saturated rings. The first-order valence-electron chi connectivity index (χ1n) is 7.99. The van der Waals surface area contributed by atoms with Crippen molar-refractivity contribution in [1.29, 1.82) is 0 Å². The fourth-order valence-corrected chi connectivity index (χ4v) is 3.69. The number of carbonyl (C=O) groups is 1. The molecule has 5 nitrogen and oxygen atoms in total. The summed E-state index contributed by atoms with van der Waals surface area (Å²) in [5.41, 5.74) is 0.814. The van der Waals surface area contributed by atoms with Gasteiger partial charge in [0.1, 0.15) is 0 Å². The third kappa shape index (κ3) is 3.96. The van der Waals surface area contributed by atoms with Crippen molar-refractivity contribution >= 4 is 27.3 Å². The molecule has 0 saturated carbocycles. The van der Waals surface area contributed by atoms with Crippen LogP contribution in [0.5, 0.6) is 0 Å². The number of benzene rings is 2. The maximum absolute atomic E-state index is 12.9. The Bertz CT molecular complexity index is 1200. The van der Waals surface area contributed by atoms with Gasteiger partial charge in [0.2, 0.25) is 5.91 Å². The van der Waals surface area contributed by atoms with Crippen molar-refractivity contribution in [2.45, 2.75) is 10.4 Å². The fourth-order valence-electron chi connectivity index (χ4n) is 2.69. The number of rotatable bonds is 4. The van der Waals surface area contributed by atoms with E-state index in [1.807, 2.05) is 0 Å². The Morgan fingerprint density at radius 3 is 2.31 bits per heavy atom. The lowest BCUT2D eigenvalue weighted by atomic mass is 9.97. The predicted octanol–water partition coefficient (Wildman–Crippen LogP) is 4.46. The minimum atomic E-state index is -5.61. The fraction of sp³-hybridized carbons (Fsp3) is 0.0526. The number of carbonyl (C=O) groups excluding carboxylic acids is 1. The Morgan fingerprint density at radius 2 is 1.72 bits per heavy atom. The van der Waals surface area contributed by atoms with Crippen molar-refractivity contribution in [2.75, 3.05) is 0 Å². The van der Waals surface area contributed by atoms with Crippen LogP contribution in [0, 0.1) is 0 Å². The number of pyridine rings is 1. The Labute approximate surface area is 168 Å². The molecule has 1 heterocycles. The van der Waals surface area contributed by atoms with Crippen LogP contribution in [-0.2, 0) is 9.84 Å². The summed E-state index contributed by atoms with van der Waals surface area (Å²) in [7, 11) is -5.61. The molecule has 0 radical (unpaired) electrons. The van der Waals surface area contributed by atoms with Crippen LogP contribution in [0.1, 0.15) is 10.4 Å². The van der Waals surface area contributed by atoms with E-state index in [-0.39, 0.29) is 16.7 Å². The molecule has 2 N–H and O–H groups in total. The number of nitrogens with zero attached hydrogens (tertiary/aromatic N) is 1. The van der Waals surface area contributed by atoms with Gasteiger partial charge >= 0.3 is 5.51 Å². The molecule has 1 aromatic heterocycles. The van der Waals surface area contributed by atoms with Gasteiger partial charge < -0.3 is 5.73 Å². The van der Waals surface area contributed by atoms with E-state index in [9.17, 15) is 26.4 Å². The average Bonchev–Trinajstić information content (AvgIpc) is 2.67. The molecular formula is C19H12ClF3N2O3S. The van der Waals surface area contributed by atoms with E-state index in [4.69, 9.17) is 17.3 Å². The Kier molecular flexibility index (Phi) is 5.38. The zero-order chi connectivity index (χ0) is 21.4. The highest BCUT2D eigenvalue weighted by atomic mass is 35.5. The molecule has 1 amide bonds. The summed E-state index contributed by atoms with van der Waals surface area (Å²) in [6.45, 7) is 0. The van der Waals surface area contributed by atoms with Gasteiger partial charge in [0, 0.05) is 22.3 Å². The Balaban J connectivity index is 2.25. The van der Waals surface area contributed by atoms with E-state index < -0.39 is 26.1 Å². The highest BCUT2D eigenvalue weighted by Gasteiger charge is 2.47. The van der Waals surface area contributed by atoms with E-state index in [0.717, 1.165) is 12.1 Å². The summed E-state index contributed by atoms with van der Waals surface area (Å²) < 4.78 is 62.4. The lowest BCUT2D eigenvalue weighted by molar-refractivity contribution is -0.0436. The second kappa shape index (κ2) is 7.49. The van der Waals surface area contributed by atoms with Crippen LogP contribution in [0.25, 0.3) is 22.4 Å². The van der Waals surface area contributed by atoms with E-state index in [1.54, 1.807) is 18.2 Å². The number of halogens is 4. The largest absolute Gasteiger partial charge is 0.501 e. The number of amides is 1. The molecule has 2 aromatic carbocycles. The molecule has 0 aliphatic carbocycles. The van der Waals surface area contributed by atoms with Gasteiger partial charge in [-0.15, -0.1) is 0 Å². The molecule has 29 heavy (non-hydrogen) atoms. The molecule has 0 saturated heterocycles. The quantitative estimate of drug-likeness (QED) is 0.648. The number of primary amides is 1. The maximum Gasteiger partial charge on any atom is 0.501 e. The van der Waals surface area contributed by atoms with E-state index in [1.165, 1.54) is 24.4 Å². The lowest BCUT2D eigenvalue weighted by Crippen LogP contribution is -2.23. The molecule has 0 unspecified atom stereocenters. The smallest absolute Gasteiger partial charge is 0.366 e. The first-order valence-corrected chi connectivity index (χ1v) is 9.85. The zero-order valence-corrected chi connectivity index (χ0v) is 16.0. The predicted molar refractivity (Wildman–Crippen MR) is 102 cm³/mol. The highest BCUT2D eigenvalue weighted by Crippen LogP contribution is 2.36. The normalized spacial score (nSPS) is 12.0. The van der Waals surface area contributed by atoms with Crippen LogP contribution in [0.3, 0.4) is 0 Å². The molecule has 10 heteroatoms. The highest BCUT2D eigenvalue weighted by molar-refractivity contribution is 7.92. The second-order valence-corrected chi connectivity index (χ2v) is 8.28.